The summed E-state index contributed by atoms with van der Waals surface area (Å²) in [5, 5.41) is 5.76. The molecule has 1 heterocycles. The van der Waals surface area contributed by atoms with E-state index in [1.807, 2.05) is 20.8 Å². The monoisotopic (exact) mass is 443 g/mol. The van der Waals surface area contributed by atoms with E-state index in [0.29, 0.717) is 42.8 Å². The Morgan fingerprint density at radius 1 is 1.09 bits per heavy atom. The maximum Gasteiger partial charge on any atom is 0.407 e. The number of ether oxygens (including phenoxy) is 2. The number of rotatable bonds is 5. The number of carbonyl (C=O) groups excluding carboxylic acids is 2. The molecule has 8 heteroatoms. The summed E-state index contributed by atoms with van der Waals surface area (Å²) in [6, 6.07) is 7.83. The molecule has 0 aliphatic heterocycles. The van der Waals surface area contributed by atoms with Crippen LogP contribution in [0.2, 0.25) is 0 Å². The van der Waals surface area contributed by atoms with E-state index in [2.05, 4.69) is 15.6 Å². The molecule has 1 aliphatic carbocycles. The Morgan fingerprint density at radius 2 is 1.81 bits per heavy atom. The lowest BCUT2D eigenvalue weighted by atomic mass is 9.85. The van der Waals surface area contributed by atoms with Crippen LogP contribution in [0, 0.1) is 11.7 Å². The number of carbonyl (C=O) groups is 2. The van der Waals surface area contributed by atoms with Gasteiger partial charge in [-0.1, -0.05) is 0 Å². The number of aromatic nitrogens is 1. The van der Waals surface area contributed by atoms with Gasteiger partial charge in [-0.05, 0) is 76.3 Å². The summed E-state index contributed by atoms with van der Waals surface area (Å²) in [7, 11) is 1.48. The minimum absolute atomic E-state index is 0.00120. The number of alkyl carbamates (subject to hydrolysis) is 1. The zero-order valence-electron chi connectivity index (χ0n) is 18.9. The number of hydrogen-bond donors (Lipinski definition) is 2. The molecule has 0 unspecified atom stereocenters. The van der Waals surface area contributed by atoms with E-state index in [9.17, 15) is 14.0 Å². The lowest BCUT2D eigenvalue weighted by Crippen LogP contribution is -2.42. The van der Waals surface area contributed by atoms with Crippen LogP contribution in [-0.2, 0) is 9.53 Å². The van der Waals surface area contributed by atoms with Gasteiger partial charge in [-0.3, -0.25) is 4.79 Å². The molecule has 0 radical (unpaired) electrons. The third-order valence-corrected chi connectivity index (χ3v) is 5.30. The van der Waals surface area contributed by atoms with Crippen LogP contribution in [0.1, 0.15) is 46.5 Å². The molecule has 172 valence electrons. The molecule has 0 saturated heterocycles. The first kappa shape index (κ1) is 23.5. The first-order valence-electron chi connectivity index (χ1n) is 10.7. The number of halogens is 1. The van der Waals surface area contributed by atoms with Gasteiger partial charge in [0.2, 0.25) is 5.91 Å². The summed E-state index contributed by atoms with van der Waals surface area (Å²) in [5.41, 5.74) is 0.929. The first-order valence-corrected chi connectivity index (χ1v) is 10.7. The molecule has 1 aromatic heterocycles. The van der Waals surface area contributed by atoms with E-state index in [0.717, 1.165) is 5.56 Å². The lowest BCUT2D eigenvalue weighted by Gasteiger charge is -2.29. The van der Waals surface area contributed by atoms with Crippen molar-refractivity contribution in [2.75, 3.05) is 12.4 Å². The molecule has 1 fully saturated rings. The number of nitrogens with one attached hydrogen (secondary N) is 2. The highest BCUT2D eigenvalue weighted by Gasteiger charge is 2.28. The molecule has 2 aromatic rings. The van der Waals surface area contributed by atoms with Crippen molar-refractivity contribution in [2.24, 2.45) is 5.92 Å². The van der Waals surface area contributed by atoms with E-state index in [4.69, 9.17) is 9.47 Å². The maximum atomic E-state index is 13.5. The number of hydrogen-bond acceptors (Lipinski definition) is 5. The second-order valence-corrected chi connectivity index (χ2v) is 8.96. The highest BCUT2D eigenvalue weighted by Crippen LogP contribution is 2.32. The average Bonchev–Trinajstić information content (AvgIpc) is 2.73. The number of benzene rings is 1. The predicted octanol–water partition coefficient (Wildman–Crippen LogP) is 4.92. The molecule has 32 heavy (non-hydrogen) atoms. The van der Waals surface area contributed by atoms with Crippen LogP contribution in [-0.4, -0.2) is 35.7 Å². The van der Waals surface area contributed by atoms with E-state index >= 15 is 0 Å². The largest absolute Gasteiger partial charge is 0.496 e. The predicted molar refractivity (Wildman–Crippen MR) is 120 cm³/mol. The van der Waals surface area contributed by atoms with Crippen LogP contribution in [0.3, 0.4) is 0 Å². The number of amides is 2. The average molecular weight is 444 g/mol. The quantitative estimate of drug-likeness (QED) is 0.685. The Morgan fingerprint density at radius 3 is 2.47 bits per heavy atom. The summed E-state index contributed by atoms with van der Waals surface area (Å²) in [5.74, 6) is 0.191. The second kappa shape index (κ2) is 9.97. The van der Waals surface area contributed by atoms with Gasteiger partial charge >= 0.3 is 6.09 Å². The molecule has 0 bridgehead atoms. The van der Waals surface area contributed by atoms with Gasteiger partial charge < -0.3 is 20.1 Å². The van der Waals surface area contributed by atoms with Crippen molar-refractivity contribution >= 4 is 17.8 Å². The highest BCUT2D eigenvalue weighted by atomic mass is 19.1. The second-order valence-electron chi connectivity index (χ2n) is 8.96. The van der Waals surface area contributed by atoms with Crippen LogP contribution in [0.4, 0.5) is 15.0 Å². The third kappa shape index (κ3) is 6.42. The van der Waals surface area contributed by atoms with Crippen molar-refractivity contribution in [3.8, 4) is 16.9 Å². The summed E-state index contributed by atoms with van der Waals surface area (Å²) < 4.78 is 24.1. The molecule has 0 atom stereocenters. The summed E-state index contributed by atoms with van der Waals surface area (Å²) in [6.45, 7) is 5.47. The van der Waals surface area contributed by atoms with Crippen molar-refractivity contribution in [3.63, 3.8) is 0 Å². The van der Waals surface area contributed by atoms with Gasteiger partial charge in [-0.2, -0.15) is 0 Å². The lowest BCUT2D eigenvalue weighted by molar-refractivity contribution is -0.120. The van der Waals surface area contributed by atoms with Crippen molar-refractivity contribution in [1.82, 2.24) is 10.3 Å². The Balaban J connectivity index is 1.57. The van der Waals surface area contributed by atoms with Gasteiger partial charge in [-0.15, -0.1) is 0 Å². The number of anilines is 1. The van der Waals surface area contributed by atoms with Gasteiger partial charge in [0.15, 0.2) is 0 Å². The van der Waals surface area contributed by atoms with Gasteiger partial charge in [0.25, 0.3) is 0 Å². The Hall–Kier alpha value is -3.16. The number of methoxy groups -OCH3 is 1. The molecule has 2 amide bonds. The van der Waals surface area contributed by atoms with Crippen molar-refractivity contribution in [1.29, 1.82) is 0 Å². The fourth-order valence-electron chi connectivity index (χ4n) is 3.77. The minimum atomic E-state index is -0.541. The van der Waals surface area contributed by atoms with Crippen molar-refractivity contribution < 1.29 is 23.5 Å². The summed E-state index contributed by atoms with van der Waals surface area (Å²) >= 11 is 0. The summed E-state index contributed by atoms with van der Waals surface area (Å²) in [6.07, 6.45) is 3.91. The van der Waals surface area contributed by atoms with E-state index in [-0.39, 0.29) is 23.7 Å². The van der Waals surface area contributed by atoms with E-state index in [1.54, 1.807) is 24.4 Å². The Labute approximate surface area is 187 Å². The van der Waals surface area contributed by atoms with Gasteiger partial charge in [-0.25, -0.2) is 14.2 Å². The molecule has 0 spiro atoms. The van der Waals surface area contributed by atoms with Crippen molar-refractivity contribution in [3.05, 3.63) is 42.3 Å². The first-order chi connectivity index (χ1) is 15.1. The summed E-state index contributed by atoms with van der Waals surface area (Å²) in [4.78, 5) is 28.9. The normalized spacial score (nSPS) is 18.5. The molecule has 2 N–H and O–H groups in total. The van der Waals surface area contributed by atoms with Crippen LogP contribution in [0.5, 0.6) is 5.75 Å². The standard InChI is InChI=1S/C24H30FN3O4/c1-24(2,3)32-23(30)27-18-8-5-15(6-9-18)22(29)28-21-13-16(11-12-26-21)19-10-7-17(25)14-20(19)31-4/h7,10-15,18H,5-6,8-9H2,1-4H3,(H,27,30)(H,26,28,29). The van der Waals surface area contributed by atoms with Gasteiger partial charge in [0.1, 0.15) is 23.0 Å². The van der Waals surface area contributed by atoms with Crippen molar-refractivity contribution in [2.45, 2.75) is 58.1 Å². The fraction of sp³-hybridized carbons (Fsp3) is 0.458. The van der Waals surface area contributed by atoms with Crippen LogP contribution in [0.25, 0.3) is 11.1 Å². The van der Waals surface area contributed by atoms with Crippen LogP contribution >= 0.6 is 0 Å². The molecule has 1 aromatic carbocycles. The van der Waals surface area contributed by atoms with Gasteiger partial charge in [0.05, 0.1) is 7.11 Å². The zero-order valence-corrected chi connectivity index (χ0v) is 18.9. The van der Waals surface area contributed by atoms with E-state index in [1.165, 1.54) is 19.2 Å². The topological polar surface area (TPSA) is 89.5 Å². The smallest absolute Gasteiger partial charge is 0.407 e. The SMILES string of the molecule is COc1cc(F)ccc1-c1ccnc(NC(=O)C2CCC(NC(=O)OC(C)(C)C)CC2)c1. The maximum absolute atomic E-state index is 13.5. The number of pyridine rings is 1. The Bertz CT molecular complexity index is 966. The molecular formula is C24H30FN3O4. The van der Waals surface area contributed by atoms with E-state index < -0.39 is 11.7 Å². The Kier molecular flexibility index (Phi) is 7.33. The molecular weight excluding hydrogens is 413 g/mol. The molecule has 1 aliphatic rings. The molecule has 7 nitrogen and oxygen atoms in total. The molecule has 3 rings (SSSR count). The number of nitrogens with zero attached hydrogens (tertiary/aromatic N) is 1. The van der Waals surface area contributed by atoms with Gasteiger partial charge in [0, 0.05) is 29.8 Å². The third-order valence-electron chi connectivity index (χ3n) is 5.30. The molecule has 1 saturated carbocycles. The fourth-order valence-corrected chi connectivity index (χ4v) is 3.77. The highest BCUT2D eigenvalue weighted by molar-refractivity contribution is 5.92. The van der Waals surface area contributed by atoms with Crippen LogP contribution in [0.15, 0.2) is 36.5 Å². The van der Waals surface area contributed by atoms with Crippen LogP contribution < -0.4 is 15.4 Å². The zero-order chi connectivity index (χ0) is 23.3. The minimum Gasteiger partial charge on any atom is -0.496 e.